The first-order valence-corrected chi connectivity index (χ1v) is 5.41. The van der Waals surface area contributed by atoms with Crippen LogP contribution in [0.5, 0.6) is 0 Å². The molecule has 2 nitrogen and oxygen atoms in total. The molecule has 0 aromatic heterocycles. The second-order valence-corrected chi connectivity index (χ2v) is 3.61. The van der Waals surface area contributed by atoms with E-state index in [1.54, 1.807) is 0 Å². The van der Waals surface area contributed by atoms with Crippen molar-refractivity contribution in [2.24, 2.45) is 0 Å². The Kier molecular flexibility index (Phi) is 27.2. The summed E-state index contributed by atoms with van der Waals surface area (Å²) >= 11 is -0.851. The van der Waals surface area contributed by atoms with Crippen LogP contribution in [0.2, 0.25) is 0 Å². The summed E-state index contributed by atoms with van der Waals surface area (Å²) in [5, 5.41) is 0. The van der Waals surface area contributed by atoms with E-state index in [0.29, 0.717) is 0 Å². The fourth-order valence-corrected chi connectivity index (χ4v) is 1.95. The Hall–Kier alpha value is 0.663. The molecule has 0 fully saturated rings. The maximum atomic E-state index is 5.23. The van der Waals surface area contributed by atoms with Crippen LogP contribution in [0.3, 0.4) is 0 Å². The smallest absolute Gasteiger partial charge is 1.00 e. The summed E-state index contributed by atoms with van der Waals surface area (Å²) in [6.07, 6.45) is 2.21. The minimum atomic E-state index is -0.851. The summed E-state index contributed by atoms with van der Waals surface area (Å²) in [6.45, 7) is 5.99. The van der Waals surface area contributed by atoms with Crippen molar-refractivity contribution in [3.8, 4) is 0 Å². The third-order valence-electron chi connectivity index (χ3n) is 0.730. The Morgan fingerprint density at radius 2 is 1.27 bits per heavy atom. The molecule has 0 rings (SSSR count). The summed E-state index contributed by atoms with van der Waals surface area (Å²) in [5.41, 5.74) is 0. The summed E-state index contributed by atoms with van der Waals surface area (Å²) < 4.78 is 10.5. The van der Waals surface area contributed by atoms with Crippen molar-refractivity contribution in [3.63, 3.8) is 0 Å². The predicted molar refractivity (Wildman–Crippen MR) is 32.5 cm³/mol. The summed E-state index contributed by atoms with van der Waals surface area (Å²) in [7, 11) is 0. The minimum absolute atomic E-state index is 0. The van der Waals surface area contributed by atoms with E-state index in [0.717, 1.165) is 26.1 Å². The van der Waals surface area contributed by atoms with Crippen LogP contribution in [-0.4, -0.2) is 13.2 Å². The van der Waals surface area contributed by atoms with Crippen LogP contribution < -0.4 is 9.41 Å². The Bertz CT molecular complexity index is 51.8. The molecule has 0 saturated carbocycles. The zero-order chi connectivity index (χ0) is 6.95. The van der Waals surface area contributed by atoms with Crippen LogP contribution in [0.4, 0.5) is 0 Å². The van der Waals surface area contributed by atoms with E-state index in [9.17, 15) is 0 Å². The van der Waals surface area contributed by atoms with Crippen molar-refractivity contribution in [2.45, 2.75) is 26.7 Å². The SMILES string of the molecule is CCC[O][Zr+2][O]CCC.[F-].[F-]. The van der Waals surface area contributed by atoms with Gasteiger partial charge in [-0.2, -0.15) is 0 Å². The van der Waals surface area contributed by atoms with E-state index < -0.39 is 24.1 Å². The maximum Gasteiger partial charge on any atom is -1.00 e. The maximum absolute atomic E-state index is 5.23. The number of halogens is 2. The fraction of sp³-hybridized carbons (Fsp3) is 1.00. The van der Waals surface area contributed by atoms with Gasteiger partial charge in [-0.25, -0.2) is 0 Å². The summed E-state index contributed by atoms with van der Waals surface area (Å²) in [6, 6.07) is 0. The van der Waals surface area contributed by atoms with Crippen molar-refractivity contribution < 1.29 is 39.2 Å². The first-order valence-electron chi connectivity index (χ1n) is 3.40. The van der Waals surface area contributed by atoms with Gasteiger partial charge in [0.25, 0.3) is 0 Å². The third kappa shape index (κ3) is 18.0. The standard InChI is InChI=1S/2C3H7O.2FH.Zr/c2*1-2-3-4;;;/h2*2-3H2,1H3;2*1H;/q2*-1;;;+4/p-2. The molecule has 0 aliphatic heterocycles. The molecule has 0 aliphatic carbocycles. The van der Waals surface area contributed by atoms with Gasteiger partial charge in [-0.15, -0.1) is 0 Å². The Labute approximate surface area is 79.2 Å². The monoisotopic (exact) mass is 246 g/mol. The van der Waals surface area contributed by atoms with Gasteiger partial charge in [0.1, 0.15) is 0 Å². The number of hydrogen-bond acceptors (Lipinski definition) is 2. The van der Waals surface area contributed by atoms with E-state index in [2.05, 4.69) is 13.8 Å². The van der Waals surface area contributed by atoms with Gasteiger partial charge in [0.15, 0.2) is 0 Å². The molecule has 0 aromatic rings. The molecular weight excluding hydrogens is 233 g/mol. The quantitative estimate of drug-likeness (QED) is 0.443. The first-order chi connectivity index (χ1) is 4.41. The van der Waals surface area contributed by atoms with Crippen molar-refractivity contribution in [1.82, 2.24) is 0 Å². The largest absolute Gasteiger partial charge is 1.00 e. The van der Waals surface area contributed by atoms with Crippen LogP contribution >= 0.6 is 0 Å². The van der Waals surface area contributed by atoms with Gasteiger partial charge in [0.2, 0.25) is 0 Å². The van der Waals surface area contributed by atoms with Crippen LogP contribution in [0.1, 0.15) is 26.7 Å². The molecule has 0 aliphatic rings. The molecule has 0 heterocycles. The molecule has 0 radical (unpaired) electrons. The molecule has 0 spiro atoms. The van der Waals surface area contributed by atoms with Gasteiger partial charge < -0.3 is 9.41 Å². The van der Waals surface area contributed by atoms with Gasteiger partial charge in [0.05, 0.1) is 0 Å². The molecule has 0 bridgehead atoms. The number of rotatable bonds is 6. The zero-order valence-electron chi connectivity index (χ0n) is 6.90. The molecule has 68 valence electrons. The van der Waals surface area contributed by atoms with E-state index >= 15 is 0 Å². The molecule has 5 heteroatoms. The molecular formula is C6H14F2O2Zr. The molecule has 0 atom stereocenters. The number of hydrogen-bond donors (Lipinski definition) is 0. The predicted octanol–water partition coefficient (Wildman–Crippen LogP) is -4.24. The van der Waals surface area contributed by atoms with E-state index in [1.807, 2.05) is 0 Å². The van der Waals surface area contributed by atoms with E-state index in [-0.39, 0.29) is 9.41 Å². The van der Waals surface area contributed by atoms with Gasteiger partial charge in [-0.3, -0.25) is 0 Å². The van der Waals surface area contributed by atoms with Crippen LogP contribution in [0.15, 0.2) is 0 Å². The van der Waals surface area contributed by atoms with E-state index in [4.69, 9.17) is 5.63 Å². The average molecular weight is 247 g/mol. The third-order valence-corrected chi connectivity index (χ3v) is 2.31. The van der Waals surface area contributed by atoms with E-state index in [1.165, 1.54) is 0 Å². The second kappa shape index (κ2) is 17.0. The fourth-order valence-electron chi connectivity index (χ4n) is 0.329. The molecule has 11 heavy (non-hydrogen) atoms. The Morgan fingerprint density at radius 3 is 1.55 bits per heavy atom. The van der Waals surface area contributed by atoms with Crippen molar-refractivity contribution >= 4 is 0 Å². The normalized spacial score (nSPS) is 7.45. The van der Waals surface area contributed by atoms with Gasteiger partial charge in [0, 0.05) is 0 Å². The Balaban J connectivity index is -0.000000320. The van der Waals surface area contributed by atoms with Crippen molar-refractivity contribution in [2.75, 3.05) is 13.2 Å². The Morgan fingerprint density at radius 1 is 0.909 bits per heavy atom. The van der Waals surface area contributed by atoms with Gasteiger partial charge in [-0.05, 0) is 0 Å². The van der Waals surface area contributed by atoms with Crippen LogP contribution in [0.25, 0.3) is 0 Å². The average Bonchev–Trinajstić information content (AvgIpc) is 1.89. The topological polar surface area (TPSA) is 18.5 Å². The van der Waals surface area contributed by atoms with Crippen molar-refractivity contribution in [3.05, 3.63) is 0 Å². The minimum Gasteiger partial charge on any atom is -1.00 e. The zero-order valence-corrected chi connectivity index (χ0v) is 9.36. The van der Waals surface area contributed by atoms with Gasteiger partial charge in [-0.1, -0.05) is 0 Å². The summed E-state index contributed by atoms with van der Waals surface area (Å²) in [4.78, 5) is 0. The van der Waals surface area contributed by atoms with Crippen molar-refractivity contribution in [1.29, 1.82) is 0 Å². The molecule has 0 saturated heterocycles. The molecule has 0 unspecified atom stereocenters. The van der Waals surface area contributed by atoms with Crippen LogP contribution in [-0.2, 0) is 29.7 Å². The van der Waals surface area contributed by atoms with Crippen LogP contribution in [0, 0.1) is 0 Å². The molecule has 0 amide bonds. The summed E-state index contributed by atoms with van der Waals surface area (Å²) in [5.74, 6) is 0. The second-order valence-electron chi connectivity index (χ2n) is 1.78. The van der Waals surface area contributed by atoms with Gasteiger partial charge >= 0.3 is 69.6 Å². The first kappa shape index (κ1) is 17.7. The molecule has 0 aromatic carbocycles. The molecule has 0 N–H and O–H groups in total.